The van der Waals surface area contributed by atoms with E-state index >= 15 is 4.79 Å². The van der Waals surface area contributed by atoms with Gasteiger partial charge in [0.05, 0.1) is 74.0 Å². The van der Waals surface area contributed by atoms with Crippen LogP contribution in [0.5, 0.6) is 0 Å². The fraction of sp³-hybridized carbons (Fsp3) is 0.734. The number of aliphatic hydroxyl groups is 5. The predicted molar refractivity (Wildman–Crippen MR) is 309 cm³/mol. The summed E-state index contributed by atoms with van der Waals surface area (Å²) in [6.45, 7) is 21.1. The SMILES string of the molecule is COC(=O)N[C@H]1[C@@H](C)O[C@@H](O[C@H]2CC=C(C)[C@@H]3C=C[C@@H]4[C@@H](O[C@H]5C[C@@H](O[C@H]6C[C@@H](O)[C@@H](O[C@@H]7C[C@@H](O)[C@@H](O)[C@H](C)O7)[C@H](C)O6)[C@@H](OC(C)=O)[C@H](C)O5)[C@@H](C)C[C@H](C)[C@H]4[C@]3(C)C(O)=C3C(=O)O[C@]4(CC(/C=C/C(C)=O)=C[C@H](O)[C@H]4C=C2C)C3=O)C[C@]1(C)N. The molecule has 8 N–H and O–H groups in total. The molecule has 4 aliphatic carbocycles. The Balaban J connectivity index is 1.04. The molecule has 23 nitrogen and oxygen atoms in total. The molecular formula is C64H92N2O21. The number of alkyl carbamates (subject to hydrolysis) is 1. The van der Waals surface area contributed by atoms with E-state index in [9.17, 15) is 44.7 Å². The maximum atomic E-state index is 15.7. The number of methoxy groups -OCH3 is 1. The molecule has 9 aliphatic rings. The quantitative estimate of drug-likeness (QED) is 0.0442. The van der Waals surface area contributed by atoms with Crippen LogP contribution in [0.3, 0.4) is 0 Å². The standard InChI is InChI=1S/C64H92N2O21/c1-28-14-19-45(83-50-27-62(11,65)57(36(9)81-50)66-61(76)77-13)29(2)21-41-42(69)22-38(16-15-32(5)67)26-64(41)59(74)51(60(75)87-64)58(73)63(12)40(28)18-17-39-52(63)30(3)20-31(4)54(39)85-49-25-46(56(35(8)80-49)82-37(10)68)84-47-24-44(71)55(34(7)79-47)86-48-23-43(70)53(72)33(6)78-48/h14-18,21-22,30-31,33-36,39-50,52-57,69-73H,19-20,23-27,65H2,1-13H3,(H,66,76)/b16-15+,28-14?,29-21?,58-51?/t30-,31-,33-,34-,35-,36+,39-,40-,41+,42-,43+,44+,45-,46+,47-,48+,49-,50-,52+,53-,54-,55-,56-,57-,62-,63+,64-/m0/s1. The van der Waals surface area contributed by atoms with Crippen LogP contribution >= 0.6 is 0 Å². The molecular weight excluding hydrogens is 1130 g/mol. The van der Waals surface area contributed by atoms with Crippen molar-refractivity contribution in [3.63, 3.8) is 0 Å². The van der Waals surface area contributed by atoms with Gasteiger partial charge in [-0.1, -0.05) is 62.8 Å². The second kappa shape index (κ2) is 26.2. The molecule has 87 heavy (non-hydrogen) atoms. The first-order chi connectivity index (χ1) is 40.9. The summed E-state index contributed by atoms with van der Waals surface area (Å²) in [4.78, 5) is 67.9. The molecule has 0 aromatic carbocycles. The van der Waals surface area contributed by atoms with Crippen molar-refractivity contribution in [3.05, 3.63) is 70.6 Å². The second-order valence-electron chi connectivity index (χ2n) is 26.6. The first kappa shape index (κ1) is 66.7. The molecule has 0 unspecified atom stereocenters. The lowest BCUT2D eigenvalue weighted by atomic mass is 9.49. The summed E-state index contributed by atoms with van der Waals surface area (Å²) < 4.78 is 68.8. The van der Waals surface area contributed by atoms with Crippen molar-refractivity contribution in [1.82, 2.24) is 5.32 Å². The molecule has 6 fully saturated rings. The van der Waals surface area contributed by atoms with E-state index in [1.165, 1.54) is 39.2 Å². The lowest BCUT2D eigenvalue weighted by molar-refractivity contribution is -0.335. The largest absolute Gasteiger partial charge is 0.511 e. The molecule has 5 aliphatic heterocycles. The predicted octanol–water partition coefficient (Wildman–Crippen LogP) is 5.05. The average molecular weight is 1230 g/mol. The monoisotopic (exact) mass is 1220 g/mol. The fourth-order valence-corrected chi connectivity index (χ4v) is 15.7. The maximum Gasteiger partial charge on any atom is 0.407 e. The van der Waals surface area contributed by atoms with Gasteiger partial charge in [0.15, 0.2) is 42.6 Å². The highest BCUT2D eigenvalue weighted by molar-refractivity contribution is 6.26. The highest BCUT2D eigenvalue weighted by atomic mass is 16.7. The van der Waals surface area contributed by atoms with Gasteiger partial charge >= 0.3 is 18.0 Å². The smallest absolute Gasteiger partial charge is 0.407 e. The van der Waals surface area contributed by atoms with E-state index in [0.29, 0.717) is 17.6 Å². The van der Waals surface area contributed by atoms with Crippen molar-refractivity contribution >= 4 is 29.6 Å². The van der Waals surface area contributed by atoms with Gasteiger partial charge in [-0.2, -0.15) is 0 Å². The van der Waals surface area contributed by atoms with Gasteiger partial charge in [0.25, 0.3) is 0 Å². The Hall–Kier alpha value is -4.73. The van der Waals surface area contributed by atoms with E-state index in [2.05, 4.69) is 25.2 Å². The molecule has 23 heteroatoms. The number of nitrogens with two attached hydrogens (primary N) is 1. The number of fused-ring (bicyclic) bond motifs is 4. The zero-order valence-electron chi connectivity index (χ0n) is 52.2. The Labute approximate surface area is 508 Å². The number of amides is 1. The van der Waals surface area contributed by atoms with E-state index in [1.54, 1.807) is 47.6 Å². The number of hydrogen-bond acceptors (Lipinski definition) is 22. The number of hydrogen-bond donors (Lipinski definition) is 7. The summed E-state index contributed by atoms with van der Waals surface area (Å²) >= 11 is 0. The van der Waals surface area contributed by atoms with Crippen molar-refractivity contribution < 1.29 is 102 Å². The molecule has 0 radical (unpaired) electrons. The van der Waals surface area contributed by atoms with Crippen LogP contribution in [0.4, 0.5) is 4.79 Å². The Morgan fingerprint density at radius 3 is 2.02 bits per heavy atom. The molecule has 27 atom stereocenters. The molecule has 1 saturated carbocycles. The fourth-order valence-electron chi connectivity index (χ4n) is 15.7. The molecule has 1 spiro atoms. The van der Waals surface area contributed by atoms with Crippen LogP contribution in [0.2, 0.25) is 0 Å². The number of Topliss-reactive ketones (excluding diaryl/α,β-unsaturated/α-hetero) is 1. The summed E-state index contributed by atoms with van der Waals surface area (Å²) in [5.74, 6) is -6.30. The number of ketones is 2. The molecule has 1 amide bonds. The first-order valence-electron chi connectivity index (χ1n) is 30.8. The number of nitrogens with one attached hydrogen (secondary N) is 1. The van der Waals surface area contributed by atoms with Crippen molar-refractivity contribution in [2.24, 2.45) is 46.7 Å². The number of rotatable bonds is 12. The minimum absolute atomic E-state index is 0.00980. The summed E-state index contributed by atoms with van der Waals surface area (Å²) in [5.41, 5.74) is 3.57. The Kier molecular flexibility index (Phi) is 20.1. The van der Waals surface area contributed by atoms with Crippen LogP contribution < -0.4 is 11.1 Å². The van der Waals surface area contributed by atoms with Crippen LogP contribution in [-0.2, 0) is 71.3 Å². The molecule has 484 valence electrons. The summed E-state index contributed by atoms with van der Waals surface area (Å²) in [5, 5.41) is 60.4. The van der Waals surface area contributed by atoms with Crippen molar-refractivity contribution in [3.8, 4) is 0 Å². The van der Waals surface area contributed by atoms with Gasteiger partial charge in [-0.3, -0.25) is 14.4 Å². The van der Waals surface area contributed by atoms with Crippen LogP contribution in [0, 0.1) is 40.9 Å². The number of carbonyl (C=O) groups excluding carboxylic acids is 5. The van der Waals surface area contributed by atoms with E-state index < -0.39 is 186 Å². The zero-order chi connectivity index (χ0) is 63.5. The molecule has 0 aromatic rings. The highest BCUT2D eigenvalue weighted by Gasteiger charge is 2.65. The van der Waals surface area contributed by atoms with Crippen LogP contribution in [0.15, 0.2) is 70.6 Å². The lowest BCUT2D eigenvalue weighted by Gasteiger charge is -2.56. The molecule has 9 rings (SSSR count). The minimum Gasteiger partial charge on any atom is -0.511 e. The van der Waals surface area contributed by atoms with Crippen molar-refractivity contribution in [2.75, 3.05) is 7.11 Å². The van der Waals surface area contributed by atoms with Gasteiger partial charge in [0, 0.05) is 61.8 Å². The second-order valence-corrected chi connectivity index (χ2v) is 26.6. The van der Waals surface area contributed by atoms with Gasteiger partial charge in [-0.15, -0.1) is 0 Å². The molecule has 5 heterocycles. The number of aliphatic hydroxyl groups excluding tert-OH is 5. The first-order valence-corrected chi connectivity index (χ1v) is 30.8. The summed E-state index contributed by atoms with van der Waals surface area (Å²) in [6, 6.07) is -0.643. The van der Waals surface area contributed by atoms with Crippen LogP contribution in [0.1, 0.15) is 128 Å². The normalized spacial score (nSPS) is 46.0. The number of ether oxygens (including phenoxy) is 11. The highest BCUT2D eigenvalue weighted by Crippen LogP contribution is 2.61. The van der Waals surface area contributed by atoms with Gasteiger partial charge in [0.2, 0.25) is 5.78 Å². The average Bonchev–Trinajstić information content (AvgIpc) is 1.74. The Morgan fingerprint density at radius 1 is 0.747 bits per heavy atom. The third-order valence-electron chi connectivity index (χ3n) is 19.9. The summed E-state index contributed by atoms with van der Waals surface area (Å²) in [7, 11) is 1.26. The molecule has 0 aromatic heterocycles. The third kappa shape index (κ3) is 13.4. The number of carbonyl (C=O) groups is 5. The van der Waals surface area contributed by atoms with Gasteiger partial charge in [-0.05, 0) is 103 Å². The minimum atomic E-state index is -2.08. The number of esters is 2. The van der Waals surface area contributed by atoms with E-state index in [1.807, 2.05) is 26.0 Å². The zero-order valence-corrected chi connectivity index (χ0v) is 52.2. The van der Waals surface area contributed by atoms with Crippen LogP contribution in [-0.4, -0.2) is 184 Å². The molecule has 5 saturated heterocycles. The van der Waals surface area contributed by atoms with E-state index in [-0.39, 0.29) is 56.1 Å². The van der Waals surface area contributed by atoms with Crippen molar-refractivity contribution in [1.29, 1.82) is 0 Å². The summed E-state index contributed by atoms with van der Waals surface area (Å²) in [6.07, 6.45) is -3.16. The van der Waals surface area contributed by atoms with Gasteiger partial charge in [-0.25, -0.2) is 9.59 Å². The van der Waals surface area contributed by atoms with E-state index in [4.69, 9.17) is 57.8 Å². The number of allylic oxidation sites excluding steroid dienone is 5. The topological polar surface area (TPSA) is 326 Å². The maximum absolute atomic E-state index is 15.7. The van der Waals surface area contributed by atoms with E-state index in [0.717, 1.165) is 5.57 Å². The van der Waals surface area contributed by atoms with Gasteiger partial charge in [0.1, 0.15) is 29.6 Å². The molecule has 2 bridgehead atoms. The van der Waals surface area contributed by atoms with Crippen molar-refractivity contribution in [2.45, 2.75) is 250 Å². The Morgan fingerprint density at radius 2 is 1.38 bits per heavy atom. The lowest BCUT2D eigenvalue weighted by Crippen LogP contribution is -2.66. The Bertz CT molecular complexity index is 2770. The van der Waals surface area contributed by atoms with Gasteiger partial charge < -0.3 is 88.7 Å². The third-order valence-corrected chi connectivity index (χ3v) is 19.9. The van der Waals surface area contributed by atoms with Crippen LogP contribution in [0.25, 0.3) is 0 Å².